The minimum atomic E-state index is -0.0827. The predicted octanol–water partition coefficient (Wildman–Crippen LogP) is 3.81. The monoisotopic (exact) mass is 380 g/mol. The molecule has 1 amide bonds. The van der Waals surface area contributed by atoms with Crippen LogP contribution in [0.25, 0.3) is 0 Å². The Bertz CT molecular complexity index is 905. The number of nitrogens with zero attached hydrogens (tertiary/aromatic N) is 2. The fraction of sp³-hybridized carbons (Fsp3) is 0.286. The molecule has 2 aromatic carbocycles. The van der Waals surface area contributed by atoms with Crippen molar-refractivity contribution in [2.75, 3.05) is 23.8 Å². The molecule has 6 heteroatoms. The first kappa shape index (κ1) is 19.0. The lowest BCUT2D eigenvalue weighted by molar-refractivity contribution is -0.121. The number of anilines is 1. The Morgan fingerprint density at radius 1 is 1.30 bits per heavy atom. The zero-order chi connectivity index (χ0) is 19.2. The van der Waals surface area contributed by atoms with E-state index < -0.39 is 0 Å². The van der Waals surface area contributed by atoms with Gasteiger partial charge in [-0.2, -0.15) is 5.26 Å². The summed E-state index contributed by atoms with van der Waals surface area (Å²) >= 11 is 1.51. The molecule has 2 aromatic rings. The third-order valence-corrected chi connectivity index (χ3v) is 5.23. The highest BCUT2D eigenvalue weighted by molar-refractivity contribution is 7.99. The second-order valence-corrected chi connectivity index (χ2v) is 7.23. The van der Waals surface area contributed by atoms with Gasteiger partial charge < -0.3 is 9.64 Å². The molecule has 0 aromatic heterocycles. The third-order valence-electron chi connectivity index (χ3n) is 4.23. The molecular weight excluding hydrogens is 360 g/mol. The molecule has 0 fully saturated rings. The summed E-state index contributed by atoms with van der Waals surface area (Å²) in [6, 6.07) is 14.8. The van der Waals surface area contributed by atoms with Gasteiger partial charge >= 0.3 is 0 Å². The summed E-state index contributed by atoms with van der Waals surface area (Å²) in [5, 5.41) is 8.95. The van der Waals surface area contributed by atoms with Crippen molar-refractivity contribution in [3.63, 3.8) is 0 Å². The molecule has 1 aliphatic rings. The normalized spacial score (nSPS) is 12.9. The molecule has 1 heterocycles. The molecule has 138 valence electrons. The zero-order valence-electron chi connectivity index (χ0n) is 15.1. The maximum absolute atomic E-state index is 12.6. The first-order chi connectivity index (χ1) is 13.1. The van der Waals surface area contributed by atoms with Gasteiger partial charge in [0.15, 0.2) is 12.4 Å². The summed E-state index contributed by atoms with van der Waals surface area (Å²) in [6.07, 6.45) is 0.834. The molecule has 5 nitrogen and oxygen atoms in total. The van der Waals surface area contributed by atoms with E-state index in [2.05, 4.69) is 6.07 Å². The molecule has 1 aliphatic heterocycles. The van der Waals surface area contributed by atoms with Gasteiger partial charge in [-0.3, -0.25) is 9.59 Å². The van der Waals surface area contributed by atoms with Crippen LogP contribution in [0, 0.1) is 11.3 Å². The van der Waals surface area contributed by atoms with Crippen LogP contribution in [0.5, 0.6) is 5.75 Å². The Hall–Kier alpha value is -2.78. The third kappa shape index (κ3) is 4.50. The van der Waals surface area contributed by atoms with Gasteiger partial charge in [-0.25, -0.2) is 0 Å². The van der Waals surface area contributed by atoms with Crippen LogP contribution >= 0.6 is 11.8 Å². The average molecular weight is 380 g/mol. The van der Waals surface area contributed by atoms with Crippen molar-refractivity contribution >= 4 is 29.1 Å². The first-order valence-corrected chi connectivity index (χ1v) is 9.95. The van der Waals surface area contributed by atoms with E-state index in [1.165, 1.54) is 11.8 Å². The van der Waals surface area contributed by atoms with E-state index in [-0.39, 0.29) is 18.3 Å². The van der Waals surface area contributed by atoms with Gasteiger partial charge in [0.2, 0.25) is 0 Å². The Morgan fingerprint density at radius 3 is 2.93 bits per heavy atom. The summed E-state index contributed by atoms with van der Waals surface area (Å²) in [6.45, 7) is 2.66. The number of ether oxygens (including phenoxy) is 1. The van der Waals surface area contributed by atoms with E-state index in [1.54, 1.807) is 29.2 Å². The molecule has 0 atom stereocenters. The lowest BCUT2D eigenvalue weighted by Crippen LogP contribution is -2.39. The smallest absolute Gasteiger partial charge is 0.265 e. The molecule has 0 bridgehead atoms. The second kappa shape index (κ2) is 8.74. The van der Waals surface area contributed by atoms with Crippen LogP contribution in [0.4, 0.5) is 5.69 Å². The predicted molar refractivity (Wildman–Crippen MR) is 106 cm³/mol. The number of Topliss-reactive ketones (excluding diaryl/α,β-unsaturated/α-hetero) is 1. The van der Waals surface area contributed by atoms with Gasteiger partial charge in [0, 0.05) is 17.9 Å². The van der Waals surface area contributed by atoms with Crippen molar-refractivity contribution < 1.29 is 14.3 Å². The second-order valence-electron chi connectivity index (χ2n) is 6.24. The molecule has 0 saturated heterocycles. The number of amides is 1. The highest BCUT2D eigenvalue weighted by Crippen LogP contribution is 2.33. The number of benzene rings is 2. The molecule has 3 rings (SSSR count). The summed E-state index contributed by atoms with van der Waals surface area (Å²) in [5.74, 6) is 1.56. The number of carbonyl (C=O) groups is 2. The maximum Gasteiger partial charge on any atom is 0.265 e. The largest absolute Gasteiger partial charge is 0.482 e. The quantitative estimate of drug-likeness (QED) is 0.683. The molecule has 0 N–H and O–H groups in total. The van der Waals surface area contributed by atoms with Crippen LogP contribution in [0.3, 0.4) is 0 Å². The van der Waals surface area contributed by atoms with Gasteiger partial charge in [0.05, 0.1) is 23.1 Å². The van der Waals surface area contributed by atoms with Crippen molar-refractivity contribution in [2.24, 2.45) is 0 Å². The van der Waals surface area contributed by atoms with Crippen LogP contribution in [-0.2, 0) is 10.5 Å². The Morgan fingerprint density at radius 2 is 2.15 bits per heavy atom. The van der Waals surface area contributed by atoms with Gasteiger partial charge in [0.25, 0.3) is 5.91 Å². The molecule has 0 saturated carbocycles. The fourth-order valence-corrected chi connectivity index (χ4v) is 3.79. The van der Waals surface area contributed by atoms with Crippen molar-refractivity contribution in [1.29, 1.82) is 5.26 Å². The summed E-state index contributed by atoms with van der Waals surface area (Å²) < 4.78 is 5.47. The molecule has 0 spiro atoms. The summed E-state index contributed by atoms with van der Waals surface area (Å²) in [5.41, 5.74) is 2.89. The number of rotatable bonds is 7. The van der Waals surface area contributed by atoms with E-state index in [1.807, 2.05) is 25.1 Å². The van der Waals surface area contributed by atoms with Gasteiger partial charge in [0.1, 0.15) is 5.75 Å². The van der Waals surface area contributed by atoms with E-state index in [9.17, 15) is 9.59 Å². The lowest BCUT2D eigenvalue weighted by atomic mass is 10.1. The molecule has 27 heavy (non-hydrogen) atoms. The van der Waals surface area contributed by atoms with Crippen LogP contribution in [0.1, 0.15) is 34.8 Å². The van der Waals surface area contributed by atoms with E-state index >= 15 is 0 Å². The standard InChI is InChI=1S/C21H20N2O3S/c1-2-8-23-18-10-17(6-7-20(18)26-12-21(23)25)19(24)14-27-13-16-5-3-4-15(9-16)11-22/h3-7,9-10H,2,8,12-14H2,1H3. The topological polar surface area (TPSA) is 70.4 Å². The summed E-state index contributed by atoms with van der Waals surface area (Å²) in [4.78, 5) is 26.4. The van der Waals surface area contributed by atoms with E-state index in [0.29, 0.717) is 40.6 Å². The number of ketones is 1. The number of nitriles is 1. The fourth-order valence-electron chi connectivity index (χ4n) is 2.92. The number of hydrogen-bond acceptors (Lipinski definition) is 5. The first-order valence-electron chi connectivity index (χ1n) is 8.79. The molecule has 0 unspecified atom stereocenters. The molecule has 0 aliphatic carbocycles. The lowest BCUT2D eigenvalue weighted by Gasteiger charge is -2.29. The SMILES string of the molecule is CCCN1C(=O)COc2ccc(C(=O)CSCc3cccc(C#N)c3)cc21. The number of carbonyl (C=O) groups excluding carboxylic acids is 2. The highest BCUT2D eigenvalue weighted by Gasteiger charge is 2.25. The van der Waals surface area contributed by atoms with Gasteiger partial charge in [-0.05, 0) is 42.3 Å². The van der Waals surface area contributed by atoms with Crippen LogP contribution in [-0.4, -0.2) is 30.6 Å². The minimum absolute atomic E-state index is 0.00806. The van der Waals surface area contributed by atoms with E-state index in [0.717, 1.165) is 12.0 Å². The maximum atomic E-state index is 12.6. The van der Waals surface area contributed by atoms with Crippen LogP contribution in [0.2, 0.25) is 0 Å². The van der Waals surface area contributed by atoms with Crippen molar-refractivity contribution in [1.82, 2.24) is 0 Å². The highest BCUT2D eigenvalue weighted by atomic mass is 32.2. The van der Waals surface area contributed by atoms with Crippen molar-refractivity contribution in [2.45, 2.75) is 19.1 Å². The Kier molecular flexibility index (Phi) is 6.15. The van der Waals surface area contributed by atoms with Crippen molar-refractivity contribution in [3.8, 4) is 11.8 Å². The molecular formula is C21H20N2O3S. The number of fused-ring (bicyclic) bond motifs is 1. The zero-order valence-corrected chi connectivity index (χ0v) is 15.9. The van der Waals surface area contributed by atoms with Crippen molar-refractivity contribution in [3.05, 3.63) is 59.2 Å². The number of hydrogen-bond donors (Lipinski definition) is 0. The minimum Gasteiger partial charge on any atom is -0.482 e. The Balaban J connectivity index is 1.67. The average Bonchev–Trinajstić information content (AvgIpc) is 2.70. The van der Waals surface area contributed by atoms with Gasteiger partial charge in [-0.1, -0.05) is 19.1 Å². The van der Waals surface area contributed by atoms with Gasteiger partial charge in [-0.15, -0.1) is 11.8 Å². The van der Waals surface area contributed by atoms with Crippen LogP contribution < -0.4 is 9.64 Å². The number of thioether (sulfide) groups is 1. The van der Waals surface area contributed by atoms with E-state index in [4.69, 9.17) is 10.00 Å². The van der Waals surface area contributed by atoms with Crippen LogP contribution in [0.15, 0.2) is 42.5 Å². The Labute approximate surface area is 162 Å². The molecule has 0 radical (unpaired) electrons. The summed E-state index contributed by atoms with van der Waals surface area (Å²) in [7, 11) is 0.